The lowest BCUT2D eigenvalue weighted by Gasteiger charge is -2.25. The van der Waals surface area contributed by atoms with E-state index in [1.54, 1.807) is 36.4 Å². The molecule has 8 nitrogen and oxygen atoms in total. The van der Waals surface area contributed by atoms with Crippen LogP contribution in [0.25, 0.3) is 0 Å². The first kappa shape index (κ1) is 24.3. The number of fused-ring (bicyclic) bond motifs is 1. The zero-order valence-corrected chi connectivity index (χ0v) is 20.6. The second-order valence-electron chi connectivity index (χ2n) is 8.45. The Hall–Kier alpha value is -3.85. The van der Waals surface area contributed by atoms with Gasteiger partial charge in [-0.15, -0.1) is 0 Å². The first-order chi connectivity index (χ1) is 16.7. The number of hydrogen-bond donors (Lipinski definition) is 1. The number of carbonyl (C=O) groups is 2. The molecule has 0 saturated heterocycles. The van der Waals surface area contributed by atoms with Crippen LogP contribution in [0, 0.1) is 0 Å². The van der Waals surface area contributed by atoms with E-state index in [0.29, 0.717) is 23.5 Å². The van der Waals surface area contributed by atoms with Crippen LogP contribution in [-0.2, 0) is 21.2 Å². The molecule has 0 aliphatic carbocycles. The Morgan fingerprint density at radius 1 is 1.06 bits per heavy atom. The highest BCUT2D eigenvalue weighted by molar-refractivity contribution is 7.92. The second-order valence-corrected chi connectivity index (χ2v) is 10.3. The maximum Gasteiger partial charge on any atom is 0.264 e. The number of sulfonamides is 1. The van der Waals surface area contributed by atoms with Gasteiger partial charge in [-0.05, 0) is 55.3 Å². The summed E-state index contributed by atoms with van der Waals surface area (Å²) in [6, 6.07) is 20.0. The van der Waals surface area contributed by atoms with Gasteiger partial charge in [0, 0.05) is 30.4 Å². The molecule has 1 N–H and O–H groups in total. The van der Waals surface area contributed by atoms with Gasteiger partial charge < -0.3 is 15.0 Å². The summed E-state index contributed by atoms with van der Waals surface area (Å²) in [4.78, 5) is 26.8. The van der Waals surface area contributed by atoms with Crippen LogP contribution >= 0.6 is 0 Å². The number of likely N-dealkylation sites (N-methyl/N-ethyl adjacent to an activating group) is 1. The molecule has 0 saturated carbocycles. The van der Waals surface area contributed by atoms with Gasteiger partial charge in [0.15, 0.2) is 0 Å². The van der Waals surface area contributed by atoms with E-state index in [1.807, 2.05) is 25.1 Å². The number of nitrogens with zero attached hydrogens (tertiary/aromatic N) is 2. The molecule has 1 heterocycles. The highest BCUT2D eigenvalue weighted by Crippen LogP contribution is 2.36. The Bertz CT molecular complexity index is 1370. The molecule has 4 rings (SSSR count). The second kappa shape index (κ2) is 9.79. The molecule has 0 bridgehead atoms. The number of rotatable bonds is 7. The molecule has 0 spiro atoms. The smallest absolute Gasteiger partial charge is 0.264 e. The van der Waals surface area contributed by atoms with Crippen molar-refractivity contribution >= 4 is 33.2 Å². The fraction of sp³-hybridized carbons (Fsp3) is 0.231. The molecule has 1 atom stereocenters. The first-order valence-corrected chi connectivity index (χ1v) is 12.6. The van der Waals surface area contributed by atoms with Gasteiger partial charge in [-0.2, -0.15) is 0 Å². The molecule has 0 fully saturated rings. The Labute approximate surface area is 205 Å². The molecule has 182 valence electrons. The molecular formula is C26H27N3O5S. The highest BCUT2D eigenvalue weighted by Gasteiger charge is 2.36. The van der Waals surface area contributed by atoms with Crippen molar-refractivity contribution in [3.8, 4) is 5.75 Å². The number of methoxy groups -OCH3 is 1. The number of anilines is 2. The van der Waals surface area contributed by atoms with Crippen molar-refractivity contribution in [1.82, 2.24) is 4.90 Å². The predicted octanol–water partition coefficient (Wildman–Crippen LogP) is 3.55. The molecule has 3 aromatic carbocycles. The zero-order valence-electron chi connectivity index (χ0n) is 19.8. The van der Waals surface area contributed by atoms with Gasteiger partial charge in [0.2, 0.25) is 5.91 Å². The molecule has 0 radical (unpaired) electrons. The van der Waals surface area contributed by atoms with Gasteiger partial charge in [-0.1, -0.05) is 30.3 Å². The normalized spacial score (nSPS) is 14.8. The van der Waals surface area contributed by atoms with E-state index >= 15 is 0 Å². The fourth-order valence-corrected chi connectivity index (χ4v) is 5.95. The highest BCUT2D eigenvalue weighted by atomic mass is 32.2. The Balaban J connectivity index is 1.50. The van der Waals surface area contributed by atoms with E-state index < -0.39 is 15.9 Å². The number of hydrogen-bond acceptors (Lipinski definition) is 5. The summed E-state index contributed by atoms with van der Waals surface area (Å²) >= 11 is 0. The number of ether oxygens (including phenoxy) is 1. The molecule has 2 amide bonds. The number of benzene rings is 3. The first-order valence-electron chi connectivity index (χ1n) is 11.1. The van der Waals surface area contributed by atoms with Gasteiger partial charge in [0.05, 0.1) is 24.2 Å². The molecule has 1 aliphatic heterocycles. The summed E-state index contributed by atoms with van der Waals surface area (Å²) in [5.74, 6) is -0.252. The maximum atomic E-state index is 13.5. The Morgan fingerprint density at radius 3 is 2.57 bits per heavy atom. The van der Waals surface area contributed by atoms with Crippen molar-refractivity contribution in [2.24, 2.45) is 0 Å². The third-order valence-corrected chi connectivity index (χ3v) is 7.79. The van der Waals surface area contributed by atoms with E-state index in [2.05, 4.69) is 5.32 Å². The summed E-state index contributed by atoms with van der Waals surface area (Å²) in [6.45, 7) is 1.66. The maximum absolute atomic E-state index is 13.5. The number of nitrogens with one attached hydrogen (secondary N) is 1. The van der Waals surface area contributed by atoms with Gasteiger partial charge in [-0.25, -0.2) is 8.42 Å². The van der Waals surface area contributed by atoms with Crippen molar-refractivity contribution in [3.05, 3.63) is 83.9 Å². The van der Waals surface area contributed by atoms with Crippen molar-refractivity contribution in [1.29, 1.82) is 0 Å². The van der Waals surface area contributed by atoms with Crippen LogP contribution in [0.1, 0.15) is 22.8 Å². The minimum atomic E-state index is -3.88. The van der Waals surface area contributed by atoms with Gasteiger partial charge in [0.1, 0.15) is 5.75 Å². The van der Waals surface area contributed by atoms with E-state index in [4.69, 9.17) is 4.74 Å². The average Bonchev–Trinajstić information content (AvgIpc) is 3.20. The predicted molar refractivity (Wildman–Crippen MR) is 134 cm³/mol. The van der Waals surface area contributed by atoms with E-state index in [9.17, 15) is 18.0 Å². The topological polar surface area (TPSA) is 96.0 Å². The number of para-hydroxylation sites is 1. The summed E-state index contributed by atoms with van der Waals surface area (Å²) in [5.41, 5.74) is 2.35. The standard InChI is InChI=1S/C26H27N3O5S/c1-18-14-19-8-4-5-13-24(19)29(18)35(32,33)23-12-6-9-20(15-23)26(31)28(2)17-25(30)27-21-10-7-11-22(16-21)34-3/h4-13,15-16,18H,14,17H2,1-3H3,(H,27,30)/t18-/m1/s1. The molecular weight excluding hydrogens is 466 g/mol. The SMILES string of the molecule is COc1cccc(NC(=O)CN(C)C(=O)c2cccc(S(=O)(=O)N3c4ccccc4C[C@H]3C)c2)c1. The van der Waals surface area contributed by atoms with E-state index in [-0.39, 0.29) is 29.0 Å². The van der Waals surface area contributed by atoms with Crippen LogP contribution in [-0.4, -0.2) is 51.9 Å². The van der Waals surface area contributed by atoms with Gasteiger partial charge in [-0.3, -0.25) is 13.9 Å². The molecule has 35 heavy (non-hydrogen) atoms. The minimum Gasteiger partial charge on any atom is -0.497 e. The van der Waals surface area contributed by atoms with Crippen LogP contribution in [0.5, 0.6) is 5.75 Å². The van der Waals surface area contributed by atoms with Crippen LogP contribution in [0.15, 0.2) is 77.7 Å². The molecule has 1 aliphatic rings. The largest absolute Gasteiger partial charge is 0.497 e. The molecule has 0 unspecified atom stereocenters. The fourth-order valence-electron chi connectivity index (χ4n) is 4.22. The van der Waals surface area contributed by atoms with Crippen LogP contribution in [0.2, 0.25) is 0 Å². The molecule has 0 aromatic heterocycles. The van der Waals surface area contributed by atoms with Crippen LogP contribution < -0.4 is 14.4 Å². The van der Waals surface area contributed by atoms with Crippen molar-refractivity contribution in [2.45, 2.75) is 24.3 Å². The van der Waals surface area contributed by atoms with Crippen molar-refractivity contribution < 1.29 is 22.7 Å². The average molecular weight is 494 g/mol. The monoisotopic (exact) mass is 493 g/mol. The van der Waals surface area contributed by atoms with Crippen LogP contribution in [0.3, 0.4) is 0 Å². The third-order valence-electron chi connectivity index (χ3n) is 5.86. The lowest BCUT2D eigenvalue weighted by Crippen LogP contribution is -2.36. The Morgan fingerprint density at radius 2 is 1.80 bits per heavy atom. The van der Waals surface area contributed by atoms with Crippen molar-refractivity contribution in [2.75, 3.05) is 30.3 Å². The van der Waals surface area contributed by atoms with Crippen molar-refractivity contribution in [3.63, 3.8) is 0 Å². The summed E-state index contributed by atoms with van der Waals surface area (Å²) < 4.78 is 33.6. The van der Waals surface area contributed by atoms with Crippen LogP contribution in [0.4, 0.5) is 11.4 Å². The number of amides is 2. The lowest BCUT2D eigenvalue weighted by atomic mass is 10.1. The Kier molecular flexibility index (Phi) is 6.79. The number of carbonyl (C=O) groups excluding carboxylic acids is 2. The van der Waals surface area contributed by atoms with Gasteiger partial charge >= 0.3 is 0 Å². The zero-order chi connectivity index (χ0) is 25.2. The van der Waals surface area contributed by atoms with E-state index in [0.717, 1.165) is 5.56 Å². The lowest BCUT2D eigenvalue weighted by molar-refractivity contribution is -0.116. The summed E-state index contributed by atoms with van der Waals surface area (Å²) in [5, 5.41) is 2.73. The minimum absolute atomic E-state index is 0.0288. The third kappa shape index (κ3) is 5.00. The van der Waals surface area contributed by atoms with E-state index in [1.165, 1.54) is 41.6 Å². The molecule has 3 aromatic rings. The molecule has 9 heteroatoms. The van der Waals surface area contributed by atoms with Gasteiger partial charge in [0.25, 0.3) is 15.9 Å². The summed E-state index contributed by atoms with van der Waals surface area (Å²) in [7, 11) is -0.856. The summed E-state index contributed by atoms with van der Waals surface area (Å²) in [6.07, 6.45) is 0.624. The quantitative estimate of drug-likeness (QED) is 0.543.